The fourth-order valence-electron chi connectivity index (χ4n) is 2.44. The zero-order chi connectivity index (χ0) is 16.1. The Labute approximate surface area is 183 Å². The fraction of sp³-hybridized carbons (Fsp3) is 0. The number of benzene rings is 3. The van der Waals surface area contributed by atoms with Crippen LogP contribution in [0.4, 0.5) is 0 Å². The van der Waals surface area contributed by atoms with Crippen LogP contribution in [0.25, 0.3) is 21.5 Å². The van der Waals surface area contributed by atoms with Crippen molar-refractivity contribution in [3.05, 3.63) is 48.5 Å². The Kier molecular flexibility index (Phi) is 7.08. The molecule has 0 bridgehead atoms. The topological polar surface area (TPSA) is 109 Å². The Morgan fingerprint density at radius 1 is 0.625 bits per heavy atom. The standard InChI is InChI=1S/C14H10O6S2.2Na/c15-21(16,17)13-5-1-3-9-7-12-10(8-11(9)13)4-2-6-14(12)22(18,19)20;;/h1-8H,(H,15,16,17)(H,18,19,20);;. The van der Waals surface area contributed by atoms with Crippen LogP contribution in [0, 0.1) is 0 Å². The Balaban J connectivity index is 0.00000144. The van der Waals surface area contributed by atoms with Crippen molar-refractivity contribution in [2.24, 2.45) is 0 Å². The van der Waals surface area contributed by atoms with Crippen molar-refractivity contribution in [1.82, 2.24) is 0 Å². The van der Waals surface area contributed by atoms with E-state index >= 15 is 0 Å². The van der Waals surface area contributed by atoms with Gasteiger partial charge in [0.2, 0.25) is 0 Å². The zero-order valence-electron chi connectivity index (χ0n) is 13.0. The van der Waals surface area contributed by atoms with Crippen molar-refractivity contribution in [2.75, 3.05) is 0 Å². The van der Waals surface area contributed by atoms with Gasteiger partial charge in [-0.05, 0) is 35.0 Å². The molecule has 3 aromatic carbocycles. The summed E-state index contributed by atoms with van der Waals surface area (Å²) in [4.78, 5) is -0.520. The molecule has 24 heavy (non-hydrogen) atoms. The molecule has 2 N–H and O–H groups in total. The SMILES string of the molecule is O=S(=O)(O)c1cccc2cc3c(S(=O)(=O)O)cccc3cc12.[Na].[Na]. The Morgan fingerprint density at radius 2 is 0.958 bits per heavy atom. The summed E-state index contributed by atoms with van der Waals surface area (Å²) < 4.78 is 64.3. The van der Waals surface area contributed by atoms with Crippen LogP contribution in [0.1, 0.15) is 0 Å². The third-order valence-electron chi connectivity index (χ3n) is 3.36. The van der Waals surface area contributed by atoms with E-state index in [1.165, 1.54) is 36.4 Å². The molecule has 6 nitrogen and oxygen atoms in total. The first-order valence-electron chi connectivity index (χ1n) is 6.08. The van der Waals surface area contributed by atoms with Gasteiger partial charge in [0.15, 0.2) is 0 Å². The molecular formula is C14H10Na2O6S2. The van der Waals surface area contributed by atoms with Crippen LogP contribution in [-0.2, 0) is 20.2 Å². The van der Waals surface area contributed by atoms with Gasteiger partial charge in [-0.15, -0.1) is 0 Å². The Hall–Kier alpha value is 0.000000000000000444. The smallest absolute Gasteiger partial charge is 0.282 e. The van der Waals surface area contributed by atoms with Gasteiger partial charge < -0.3 is 0 Å². The van der Waals surface area contributed by atoms with E-state index < -0.39 is 20.2 Å². The normalized spacial score (nSPS) is 11.8. The first kappa shape index (κ1) is 22.0. The summed E-state index contributed by atoms with van der Waals surface area (Å²) in [6, 6.07) is 11.5. The first-order chi connectivity index (χ1) is 10.2. The molecule has 0 amide bonds. The third-order valence-corrected chi connectivity index (χ3v) is 5.18. The molecule has 0 unspecified atom stereocenters. The van der Waals surface area contributed by atoms with Gasteiger partial charge in [0.05, 0.1) is 0 Å². The molecule has 0 heterocycles. The molecule has 116 valence electrons. The van der Waals surface area contributed by atoms with Gasteiger partial charge in [-0.3, -0.25) is 9.11 Å². The molecule has 0 aromatic heterocycles. The van der Waals surface area contributed by atoms with Crippen LogP contribution in [0.3, 0.4) is 0 Å². The van der Waals surface area contributed by atoms with Crippen LogP contribution in [-0.4, -0.2) is 85.1 Å². The number of rotatable bonds is 2. The predicted octanol–water partition coefficient (Wildman–Crippen LogP) is 1.72. The van der Waals surface area contributed by atoms with E-state index in [1.807, 2.05) is 0 Å². The van der Waals surface area contributed by atoms with Crippen LogP contribution >= 0.6 is 0 Å². The minimum Gasteiger partial charge on any atom is -0.282 e. The monoisotopic (exact) mass is 384 g/mol. The molecule has 0 saturated carbocycles. The van der Waals surface area contributed by atoms with Gasteiger partial charge in [-0.1, -0.05) is 24.3 Å². The third kappa shape index (κ3) is 4.21. The number of hydrogen-bond donors (Lipinski definition) is 2. The van der Waals surface area contributed by atoms with Crippen molar-refractivity contribution >= 4 is 101 Å². The zero-order valence-corrected chi connectivity index (χ0v) is 18.6. The van der Waals surface area contributed by atoms with Gasteiger partial charge in [-0.2, -0.15) is 16.8 Å². The summed E-state index contributed by atoms with van der Waals surface area (Å²) >= 11 is 0. The van der Waals surface area contributed by atoms with E-state index in [2.05, 4.69) is 0 Å². The maximum Gasteiger partial charge on any atom is 0.295 e. The largest absolute Gasteiger partial charge is 0.295 e. The molecule has 0 aliphatic heterocycles. The van der Waals surface area contributed by atoms with E-state index in [0.717, 1.165) is 0 Å². The van der Waals surface area contributed by atoms with Gasteiger partial charge in [0.1, 0.15) is 9.79 Å². The molecule has 0 atom stereocenters. The molecule has 2 radical (unpaired) electrons. The van der Waals surface area contributed by atoms with E-state index in [0.29, 0.717) is 10.8 Å². The predicted molar refractivity (Wildman–Crippen MR) is 92.6 cm³/mol. The number of hydrogen-bond acceptors (Lipinski definition) is 4. The van der Waals surface area contributed by atoms with E-state index in [4.69, 9.17) is 0 Å². The minimum absolute atomic E-state index is 0. The van der Waals surface area contributed by atoms with Gasteiger partial charge >= 0.3 is 0 Å². The van der Waals surface area contributed by atoms with Gasteiger partial charge in [0.25, 0.3) is 20.2 Å². The summed E-state index contributed by atoms with van der Waals surface area (Å²) in [7, 11) is -8.81. The molecular weight excluding hydrogens is 374 g/mol. The quantitative estimate of drug-likeness (QED) is 0.396. The molecule has 3 rings (SSSR count). The fourth-order valence-corrected chi connectivity index (χ4v) is 3.85. The second-order valence-electron chi connectivity index (χ2n) is 4.76. The van der Waals surface area contributed by atoms with Crippen LogP contribution in [0.5, 0.6) is 0 Å². The summed E-state index contributed by atoms with van der Waals surface area (Å²) in [6.45, 7) is 0. The van der Waals surface area contributed by atoms with Crippen molar-refractivity contribution < 1.29 is 25.9 Å². The van der Waals surface area contributed by atoms with Crippen molar-refractivity contribution in [2.45, 2.75) is 9.79 Å². The average Bonchev–Trinajstić information content (AvgIpc) is 2.41. The van der Waals surface area contributed by atoms with Crippen LogP contribution in [0.15, 0.2) is 58.3 Å². The molecule has 0 spiro atoms. The van der Waals surface area contributed by atoms with Crippen LogP contribution < -0.4 is 0 Å². The first-order valence-corrected chi connectivity index (χ1v) is 8.96. The second-order valence-corrected chi connectivity index (χ2v) is 7.54. The van der Waals surface area contributed by atoms with E-state index in [1.54, 1.807) is 12.1 Å². The number of fused-ring (bicyclic) bond motifs is 2. The molecule has 10 heteroatoms. The minimum atomic E-state index is -4.40. The van der Waals surface area contributed by atoms with Gasteiger partial charge in [-0.25, -0.2) is 0 Å². The summed E-state index contributed by atoms with van der Waals surface area (Å²) in [5.41, 5.74) is 0. The van der Waals surface area contributed by atoms with Crippen molar-refractivity contribution in [3.63, 3.8) is 0 Å². The maximum absolute atomic E-state index is 11.4. The second kappa shape index (κ2) is 7.71. The van der Waals surface area contributed by atoms with E-state index in [-0.39, 0.29) is 79.7 Å². The van der Waals surface area contributed by atoms with Crippen molar-refractivity contribution in [1.29, 1.82) is 0 Å². The average molecular weight is 384 g/mol. The molecule has 0 aliphatic rings. The summed E-state index contributed by atoms with van der Waals surface area (Å²) in [5.74, 6) is 0. The van der Waals surface area contributed by atoms with E-state index in [9.17, 15) is 25.9 Å². The van der Waals surface area contributed by atoms with Crippen LogP contribution in [0.2, 0.25) is 0 Å². The molecule has 0 fully saturated rings. The summed E-state index contributed by atoms with van der Waals surface area (Å²) in [5, 5.41) is 1.40. The van der Waals surface area contributed by atoms with Crippen molar-refractivity contribution in [3.8, 4) is 0 Å². The summed E-state index contributed by atoms with van der Waals surface area (Å²) in [6.07, 6.45) is 0. The Morgan fingerprint density at radius 3 is 1.25 bits per heavy atom. The Bertz CT molecular complexity index is 1030. The maximum atomic E-state index is 11.4. The van der Waals surface area contributed by atoms with Gasteiger partial charge in [0, 0.05) is 69.9 Å². The molecule has 0 aliphatic carbocycles. The molecule has 0 saturated heterocycles. The molecule has 3 aromatic rings.